The molecule has 0 aliphatic heterocycles. The minimum absolute atomic E-state index is 0.128. The number of hydrogen-bond acceptors (Lipinski definition) is 5. The standard InChI is InChI=1S/C23H23N5O/c24-15-21-23(17-6-2-1-3-7-17)27-20-14-18(9-10-19(20)26-21)22(29)8-4-5-12-28-13-11-25-16-28/h1-3,6-7,9-11,13-14,16H,4-5,8,12,15,24H2. The zero-order valence-corrected chi connectivity index (χ0v) is 16.2. The van der Waals surface area contributed by atoms with Gasteiger partial charge in [-0.1, -0.05) is 30.3 Å². The van der Waals surface area contributed by atoms with Crippen LogP contribution in [0, 0.1) is 0 Å². The van der Waals surface area contributed by atoms with E-state index in [9.17, 15) is 4.79 Å². The highest BCUT2D eigenvalue weighted by Gasteiger charge is 2.12. The van der Waals surface area contributed by atoms with Crippen LogP contribution >= 0.6 is 0 Å². The van der Waals surface area contributed by atoms with E-state index in [0.29, 0.717) is 24.0 Å². The molecule has 6 heteroatoms. The van der Waals surface area contributed by atoms with Crippen LogP contribution in [-0.2, 0) is 13.1 Å². The molecule has 0 fully saturated rings. The SMILES string of the molecule is NCc1nc2ccc(C(=O)CCCCn3ccnc3)cc2nc1-c1ccccc1. The van der Waals surface area contributed by atoms with Gasteiger partial charge in [0.15, 0.2) is 5.78 Å². The number of ketones is 1. The number of nitrogens with two attached hydrogens (primary N) is 1. The van der Waals surface area contributed by atoms with Crippen LogP contribution in [0.15, 0.2) is 67.3 Å². The second-order valence-corrected chi connectivity index (χ2v) is 6.97. The summed E-state index contributed by atoms with van der Waals surface area (Å²) in [5.74, 6) is 0.128. The number of imidazole rings is 1. The molecular formula is C23H23N5O. The number of unbranched alkanes of at least 4 members (excludes halogenated alkanes) is 1. The van der Waals surface area contributed by atoms with Crippen LogP contribution in [0.4, 0.5) is 0 Å². The smallest absolute Gasteiger partial charge is 0.162 e. The lowest BCUT2D eigenvalue weighted by Gasteiger charge is -2.09. The number of rotatable bonds is 8. The minimum atomic E-state index is 0.128. The van der Waals surface area contributed by atoms with Gasteiger partial charge in [-0.2, -0.15) is 0 Å². The number of aromatic nitrogens is 4. The van der Waals surface area contributed by atoms with E-state index >= 15 is 0 Å². The molecule has 2 aromatic carbocycles. The van der Waals surface area contributed by atoms with E-state index in [1.807, 2.05) is 59.3 Å². The number of fused-ring (bicyclic) bond motifs is 1. The summed E-state index contributed by atoms with van der Waals surface area (Å²) in [5.41, 5.74) is 10.5. The summed E-state index contributed by atoms with van der Waals surface area (Å²) in [7, 11) is 0. The van der Waals surface area contributed by atoms with E-state index in [-0.39, 0.29) is 5.78 Å². The van der Waals surface area contributed by atoms with Crippen LogP contribution in [-0.4, -0.2) is 25.3 Å². The number of nitrogens with zero attached hydrogens (tertiary/aromatic N) is 4. The number of carbonyl (C=O) groups is 1. The largest absolute Gasteiger partial charge is 0.337 e. The zero-order chi connectivity index (χ0) is 20.1. The molecule has 2 aromatic heterocycles. The Morgan fingerprint density at radius 1 is 1.00 bits per heavy atom. The first-order valence-corrected chi connectivity index (χ1v) is 9.79. The molecule has 0 saturated carbocycles. The second-order valence-electron chi connectivity index (χ2n) is 6.97. The molecule has 146 valence electrons. The first kappa shape index (κ1) is 19.0. The Morgan fingerprint density at radius 2 is 1.86 bits per heavy atom. The van der Waals surface area contributed by atoms with E-state index < -0.39 is 0 Å². The lowest BCUT2D eigenvalue weighted by Crippen LogP contribution is -2.06. The van der Waals surface area contributed by atoms with Gasteiger partial charge < -0.3 is 10.3 Å². The molecule has 0 atom stereocenters. The van der Waals surface area contributed by atoms with Crippen LogP contribution in [0.5, 0.6) is 0 Å². The number of aryl methyl sites for hydroxylation is 1. The van der Waals surface area contributed by atoms with Gasteiger partial charge in [0, 0.05) is 43.0 Å². The summed E-state index contributed by atoms with van der Waals surface area (Å²) in [4.78, 5) is 26.1. The molecule has 0 spiro atoms. The molecule has 2 N–H and O–H groups in total. The highest BCUT2D eigenvalue weighted by Crippen LogP contribution is 2.24. The maximum absolute atomic E-state index is 12.6. The van der Waals surface area contributed by atoms with Crippen molar-refractivity contribution in [1.29, 1.82) is 0 Å². The van der Waals surface area contributed by atoms with Crippen LogP contribution in [0.25, 0.3) is 22.3 Å². The Hall–Kier alpha value is -3.38. The predicted octanol–water partition coefficient (Wildman–Crippen LogP) is 4.01. The van der Waals surface area contributed by atoms with Gasteiger partial charge in [-0.25, -0.2) is 15.0 Å². The normalized spacial score (nSPS) is 11.1. The third kappa shape index (κ3) is 4.38. The lowest BCUT2D eigenvalue weighted by molar-refractivity contribution is 0.0979. The molecule has 29 heavy (non-hydrogen) atoms. The maximum Gasteiger partial charge on any atom is 0.162 e. The summed E-state index contributed by atoms with van der Waals surface area (Å²) in [6.45, 7) is 1.18. The molecule has 0 radical (unpaired) electrons. The average Bonchev–Trinajstić information content (AvgIpc) is 3.29. The molecule has 0 amide bonds. The third-order valence-corrected chi connectivity index (χ3v) is 4.93. The summed E-state index contributed by atoms with van der Waals surface area (Å²) in [6, 6.07) is 15.4. The second kappa shape index (κ2) is 8.75. The molecule has 0 unspecified atom stereocenters. The summed E-state index contributed by atoms with van der Waals surface area (Å²) in [5, 5.41) is 0. The van der Waals surface area contributed by atoms with E-state index in [1.54, 1.807) is 12.5 Å². The zero-order valence-electron chi connectivity index (χ0n) is 16.2. The van der Waals surface area contributed by atoms with Gasteiger partial charge in [0.1, 0.15) is 0 Å². The number of hydrogen-bond donors (Lipinski definition) is 1. The first-order chi connectivity index (χ1) is 14.2. The summed E-state index contributed by atoms with van der Waals surface area (Å²) < 4.78 is 2.02. The summed E-state index contributed by atoms with van der Waals surface area (Å²) >= 11 is 0. The van der Waals surface area contributed by atoms with Crippen molar-refractivity contribution in [2.24, 2.45) is 5.73 Å². The molecule has 0 aliphatic rings. The molecule has 6 nitrogen and oxygen atoms in total. The number of benzene rings is 2. The Bertz CT molecular complexity index is 1110. The van der Waals surface area contributed by atoms with Crippen molar-refractivity contribution in [2.75, 3.05) is 0 Å². The van der Waals surface area contributed by atoms with Gasteiger partial charge in [-0.3, -0.25) is 4.79 Å². The fraction of sp³-hybridized carbons (Fsp3) is 0.217. The van der Waals surface area contributed by atoms with Crippen molar-refractivity contribution < 1.29 is 4.79 Å². The van der Waals surface area contributed by atoms with Crippen molar-refractivity contribution in [1.82, 2.24) is 19.5 Å². The van der Waals surface area contributed by atoms with Crippen molar-refractivity contribution in [3.8, 4) is 11.3 Å². The van der Waals surface area contributed by atoms with E-state index in [2.05, 4.69) is 9.97 Å². The van der Waals surface area contributed by atoms with Gasteiger partial charge in [0.25, 0.3) is 0 Å². The van der Waals surface area contributed by atoms with E-state index in [1.165, 1.54) is 0 Å². The van der Waals surface area contributed by atoms with E-state index in [0.717, 1.165) is 41.9 Å². The maximum atomic E-state index is 12.6. The third-order valence-electron chi connectivity index (χ3n) is 4.93. The Kier molecular flexibility index (Phi) is 5.72. The van der Waals surface area contributed by atoms with Crippen molar-refractivity contribution in [3.05, 3.63) is 78.5 Å². The topological polar surface area (TPSA) is 86.7 Å². The fourth-order valence-electron chi connectivity index (χ4n) is 3.38. The van der Waals surface area contributed by atoms with E-state index in [4.69, 9.17) is 10.7 Å². The molecular weight excluding hydrogens is 362 g/mol. The number of Topliss-reactive ketones (excluding diaryl/α,β-unsaturated/α-hetero) is 1. The monoisotopic (exact) mass is 385 g/mol. The molecule has 2 heterocycles. The highest BCUT2D eigenvalue weighted by atomic mass is 16.1. The van der Waals surface area contributed by atoms with Gasteiger partial charge >= 0.3 is 0 Å². The molecule has 0 aliphatic carbocycles. The van der Waals surface area contributed by atoms with Crippen LogP contribution in [0.1, 0.15) is 35.3 Å². The number of carbonyl (C=O) groups excluding carboxylic acids is 1. The van der Waals surface area contributed by atoms with Crippen LogP contribution < -0.4 is 5.73 Å². The average molecular weight is 385 g/mol. The Balaban J connectivity index is 1.52. The van der Waals surface area contributed by atoms with Gasteiger partial charge in [-0.15, -0.1) is 0 Å². The molecule has 0 saturated heterocycles. The minimum Gasteiger partial charge on any atom is -0.337 e. The predicted molar refractivity (Wildman–Crippen MR) is 113 cm³/mol. The summed E-state index contributed by atoms with van der Waals surface area (Å²) in [6.07, 6.45) is 7.78. The Labute approximate surface area is 169 Å². The van der Waals surface area contributed by atoms with Gasteiger partial charge in [0.2, 0.25) is 0 Å². The molecule has 4 aromatic rings. The fourth-order valence-corrected chi connectivity index (χ4v) is 3.38. The van der Waals surface area contributed by atoms with Crippen LogP contribution in [0.3, 0.4) is 0 Å². The Morgan fingerprint density at radius 3 is 2.62 bits per heavy atom. The van der Waals surface area contributed by atoms with Crippen molar-refractivity contribution in [3.63, 3.8) is 0 Å². The van der Waals surface area contributed by atoms with Gasteiger partial charge in [-0.05, 0) is 31.0 Å². The highest BCUT2D eigenvalue weighted by molar-refractivity contribution is 5.99. The molecule has 0 bridgehead atoms. The molecule has 4 rings (SSSR count). The quantitative estimate of drug-likeness (QED) is 0.366. The first-order valence-electron chi connectivity index (χ1n) is 9.79. The van der Waals surface area contributed by atoms with Gasteiger partial charge in [0.05, 0.1) is 28.7 Å². The lowest BCUT2D eigenvalue weighted by atomic mass is 10.0. The van der Waals surface area contributed by atoms with Crippen molar-refractivity contribution >= 4 is 16.8 Å². The van der Waals surface area contributed by atoms with Crippen LogP contribution in [0.2, 0.25) is 0 Å². The van der Waals surface area contributed by atoms with Crippen molar-refractivity contribution in [2.45, 2.75) is 32.4 Å².